The van der Waals surface area contributed by atoms with Crippen LogP contribution in [0.15, 0.2) is 24.3 Å². The van der Waals surface area contributed by atoms with Crippen molar-refractivity contribution in [3.8, 4) is 5.75 Å². The minimum Gasteiger partial charge on any atom is -0.493 e. The standard InChI is InChI=1S/C18H29NO2/c1-3-11-19-18(4-2)16-5-7-17(8-6-16)21-14-15-9-12-20-13-10-15/h5-8,15,18-19H,3-4,9-14H2,1-2H3. The molecule has 0 spiro atoms. The fraction of sp³-hybridized carbons (Fsp3) is 0.667. The van der Waals surface area contributed by atoms with Gasteiger partial charge in [0, 0.05) is 19.3 Å². The first kappa shape index (κ1) is 16.3. The molecule has 1 saturated heterocycles. The molecule has 2 rings (SSSR count). The van der Waals surface area contributed by atoms with E-state index in [2.05, 4.69) is 43.4 Å². The van der Waals surface area contributed by atoms with Gasteiger partial charge in [0.2, 0.25) is 0 Å². The van der Waals surface area contributed by atoms with Crippen molar-refractivity contribution in [2.75, 3.05) is 26.4 Å². The topological polar surface area (TPSA) is 30.5 Å². The molecule has 1 aliphatic heterocycles. The molecule has 1 fully saturated rings. The van der Waals surface area contributed by atoms with Gasteiger partial charge in [0.15, 0.2) is 0 Å². The first-order valence-electron chi connectivity index (χ1n) is 8.37. The summed E-state index contributed by atoms with van der Waals surface area (Å²) in [6, 6.07) is 9.04. The van der Waals surface area contributed by atoms with Crippen LogP contribution in [0.1, 0.15) is 51.1 Å². The summed E-state index contributed by atoms with van der Waals surface area (Å²) in [6.45, 7) is 8.08. The minimum atomic E-state index is 0.453. The Kier molecular flexibility index (Phi) is 7.04. The van der Waals surface area contributed by atoms with Gasteiger partial charge in [-0.05, 0) is 55.8 Å². The van der Waals surface area contributed by atoms with Crippen molar-refractivity contribution in [2.45, 2.75) is 45.6 Å². The van der Waals surface area contributed by atoms with Crippen LogP contribution in [0, 0.1) is 5.92 Å². The molecule has 0 saturated carbocycles. The average molecular weight is 291 g/mol. The van der Waals surface area contributed by atoms with Crippen molar-refractivity contribution in [3.63, 3.8) is 0 Å². The highest BCUT2D eigenvalue weighted by Crippen LogP contribution is 2.22. The van der Waals surface area contributed by atoms with Gasteiger partial charge in [0.1, 0.15) is 5.75 Å². The lowest BCUT2D eigenvalue weighted by Crippen LogP contribution is -2.22. The van der Waals surface area contributed by atoms with Crippen molar-refractivity contribution in [1.29, 1.82) is 0 Å². The molecule has 0 aliphatic carbocycles. The monoisotopic (exact) mass is 291 g/mol. The van der Waals surface area contributed by atoms with Crippen LogP contribution in [0.3, 0.4) is 0 Å². The SMILES string of the molecule is CCCNC(CC)c1ccc(OCC2CCOCC2)cc1. The van der Waals surface area contributed by atoms with Gasteiger partial charge in [-0.2, -0.15) is 0 Å². The lowest BCUT2D eigenvalue weighted by Gasteiger charge is -2.22. The van der Waals surface area contributed by atoms with Crippen molar-refractivity contribution in [3.05, 3.63) is 29.8 Å². The fourth-order valence-corrected chi connectivity index (χ4v) is 2.74. The molecule has 0 amide bonds. The quantitative estimate of drug-likeness (QED) is 0.787. The van der Waals surface area contributed by atoms with E-state index in [-0.39, 0.29) is 0 Å². The van der Waals surface area contributed by atoms with Crippen LogP contribution in [0.5, 0.6) is 5.75 Å². The predicted molar refractivity (Wildman–Crippen MR) is 86.8 cm³/mol. The molecule has 118 valence electrons. The summed E-state index contributed by atoms with van der Waals surface area (Å²) in [5, 5.41) is 3.58. The van der Waals surface area contributed by atoms with Gasteiger partial charge in [0.25, 0.3) is 0 Å². The van der Waals surface area contributed by atoms with E-state index in [1.54, 1.807) is 0 Å². The van der Waals surface area contributed by atoms with Crippen LogP contribution in [0.25, 0.3) is 0 Å². The van der Waals surface area contributed by atoms with Crippen molar-refractivity contribution >= 4 is 0 Å². The summed E-state index contributed by atoms with van der Waals surface area (Å²) in [7, 11) is 0. The van der Waals surface area contributed by atoms with E-state index in [4.69, 9.17) is 9.47 Å². The third-order valence-electron chi connectivity index (χ3n) is 4.16. The molecule has 1 aromatic carbocycles. The summed E-state index contributed by atoms with van der Waals surface area (Å²) in [5.74, 6) is 1.63. The first-order chi connectivity index (χ1) is 10.3. The molecular formula is C18H29NO2. The molecule has 3 nitrogen and oxygen atoms in total. The third kappa shape index (κ3) is 5.33. The van der Waals surface area contributed by atoms with Crippen LogP contribution in [0.4, 0.5) is 0 Å². The van der Waals surface area contributed by atoms with Gasteiger partial charge >= 0.3 is 0 Å². The highest BCUT2D eigenvalue weighted by Gasteiger charge is 2.14. The molecule has 3 heteroatoms. The second-order valence-electron chi connectivity index (χ2n) is 5.85. The Labute approximate surface area is 129 Å². The maximum atomic E-state index is 5.92. The maximum absolute atomic E-state index is 5.92. The Balaban J connectivity index is 1.82. The van der Waals surface area contributed by atoms with Crippen LogP contribution in [-0.2, 0) is 4.74 Å². The molecule has 0 radical (unpaired) electrons. The van der Waals surface area contributed by atoms with Gasteiger partial charge in [-0.1, -0.05) is 26.0 Å². The van der Waals surface area contributed by atoms with Crippen LogP contribution < -0.4 is 10.1 Å². The van der Waals surface area contributed by atoms with Crippen LogP contribution in [-0.4, -0.2) is 26.4 Å². The first-order valence-corrected chi connectivity index (χ1v) is 8.37. The van der Waals surface area contributed by atoms with E-state index in [1.807, 2.05) is 0 Å². The van der Waals surface area contributed by atoms with E-state index >= 15 is 0 Å². The lowest BCUT2D eigenvalue weighted by atomic mass is 10.0. The molecule has 1 aromatic rings. The molecular weight excluding hydrogens is 262 g/mol. The van der Waals surface area contributed by atoms with Gasteiger partial charge < -0.3 is 14.8 Å². The number of ether oxygens (including phenoxy) is 2. The van der Waals surface area contributed by atoms with Crippen LogP contribution >= 0.6 is 0 Å². The molecule has 1 atom stereocenters. The number of hydrogen-bond acceptors (Lipinski definition) is 3. The fourth-order valence-electron chi connectivity index (χ4n) is 2.74. The maximum Gasteiger partial charge on any atom is 0.119 e. The van der Waals surface area contributed by atoms with Crippen molar-refractivity contribution < 1.29 is 9.47 Å². The summed E-state index contributed by atoms with van der Waals surface area (Å²) in [6.07, 6.45) is 4.53. The highest BCUT2D eigenvalue weighted by molar-refractivity contribution is 5.29. The Morgan fingerprint density at radius 3 is 2.52 bits per heavy atom. The van der Waals surface area contributed by atoms with Gasteiger partial charge in [-0.25, -0.2) is 0 Å². The van der Waals surface area contributed by atoms with E-state index in [0.29, 0.717) is 12.0 Å². The Morgan fingerprint density at radius 2 is 1.90 bits per heavy atom. The summed E-state index contributed by atoms with van der Waals surface area (Å²) in [4.78, 5) is 0. The van der Waals surface area contributed by atoms with E-state index in [9.17, 15) is 0 Å². The van der Waals surface area contributed by atoms with Crippen molar-refractivity contribution in [2.24, 2.45) is 5.92 Å². The zero-order valence-corrected chi connectivity index (χ0v) is 13.4. The number of hydrogen-bond donors (Lipinski definition) is 1. The minimum absolute atomic E-state index is 0.453. The van der Waals surface area contributed by atoms with Gasteiger partial charge in [-0.15, -0.1) is 0 Å². The second kappa shape index (κ2) is 9.06. The van der Waals surface area contributed by atoms with E-state index in [0.717, 1.165) is 51.4 Å². The summed E-state index contributed by atoms with van der Waals surface area (Å²) < 4.78 is 11.3. The number of nitrogens with one attached hydrogen (secondary N) is 1. The third-order valence-corrected chi connectivity index (χ3v) is 4.16. The normalized spacial score (nSPS) is 17.6. The van der Waals surface area contributed by atoms with E-state index < -0.39 is 0 Å². The molecule has 1 aliphatic rings. The molecule has 21 heavy (non-hydrogen) atoms. The summed E-state index contributed by atoms with van der Waals surface area (Å²) in [5.41, 5.74) is 1.35. The van der Waals surface area contributed by atoms with Gasteiger partial charge in [0.05, 0.1) is 6.61 Å². The van der Waals surface area contributed by atoms with E-state index in [1.165, 1.54) is 12.0 Å². The second-order valence-corrected chi connectivity index (χ2v) is 5.85. The van der Waals surface area contributed by atoms with Crippen molar-refractivity contribution in [1.82, 2.24) is 5.32 Å². The summed E-state index contributed by atoms with van der Waals surface area (Å²) >= 11 is 0. The predicted octanol–water partition coefficient (Wildman–Crippen LogP) is 3.94. The number of benzene rings is 1. The molecule has 0 aromatic heterocycles. The molecule has 1 N–H and O–H groups in total. The Bertz CT molecular complexity index is 385. The number of rotatable bonds is 8. The highest BCUT2D eigenvalue weighted by atomic mass is 16.5. The smallest absolute Gasteiger partial charge is 0.119 e. The molecule has 0 bridgehead atoms. The average Bonchev–Trinajstić information content (AvgIpc) is 2.56. The Hall–Kier alpha value is -1.06. The zero-order valence-electron chi connectivity index (χ0n) is 13.4. The largest absolute Gasteiger partial charge is 0.493 e. The molecule has 1 unspecified atom stereocenters. The zero-order chi connectivity index (χ0) is 14.9. The van der Waals surface area contributed by atoms with Crippen LogP contribution in [0.2, 0.25) is 0 Å². The Morgan fingerprint density at radius 1 is 1.19 bits per heavy atom. The lowest BCUT2D eigenvalue weighted by molar-refractivity contribution is 0.0497. The molecule has 1 heterocycles. The van der Waals surface area contributed by atoms with Gasteiger partial charge in [-0.3, -0.25) is 0 Å².